The van der Waals surface area contributed by atoms with Gasteiger partial charge in [0.25, 0.3) is 0 Å². The lowest BCUT2D eigenvalue weighted by Crippen LogP contribution is -2.09. The Morgan fingerprint density at radius 3 is 2.60 bits per heavy atom. The number of nitrogens with zero attached hydrogens (tertiary/aromatic N) is 2. The third-order valence-corrected chi connectivity index (χ3v) is 2.16. The first kappa shape index (κ1) is 9.73. The summed E-state index contributed by atoms with van der Waals surface area (Å²) in [6.45, 7) is 1.30. The third-order valence-electron chi connectivity index (χ3n) is 2.16. The third kappa shape index (κ3) is 2.16. The molecule has 0 saturated heterocycles. The zero-order valence-electron chi connectivity index (χ0n) is 8.30. The number of phenols is 1. The van der Waals surface area contributed by atoms with Crippen molar-refractivity contribution in [2.45, 2.75) is 6.54 Å². The number of hydrogen-bond donors (Lipinski definition) is 2. The minimum absolute atomic E-state index is 0.264. The molecule has 78 valence electrons. The molecular weight excluding hydrogens is 190 g/mol. The highest BCUT2D eigenvalue weighted by molar-refractivity contribution is 5.59. The van der Waals surface area contributed by atoms with Gasteiger partial charge in [-0.2, -0.15) is 5.10 Å². The molecule has 1 aromatic carbocycles. The van der Waals surface area contributed by atoms with Crippen molar-refractivity contribution < 1.29 is 5.11 Å². The second-order valence-corrected chi connectivity index (χ2v) is 3.30. The molecule has 4 heteroatoms. The highest BCUT2D eigenvalue weighted by Gasteiger charge is 2.01. The zero-order valence-corrected chi connectivity index (χ0v) is 8.30. The number of benzene rings is 1. The molecule has 1 heterocycles. The van der Waals surface area contributed by atoms with Crippen molar-refractivity contribution in [1.82, 2.24) is 9.78 Å². The van der Waals surface area contributed by atoms with Crippen LogP contribution < -0.4 is 5.73 Å². The van der Waals surface area contributed by atoms with Crippen LogP contribution in [0.2, 0.25) is 0 Å². The summed E-state index contributed by atoms with van der Waals surface area (Å²) in [4.78, 5) is 0. The van der Waals surface area contributed by atoms with Crippen molar-refractivity contribution in [2.75, 3.05) is 6.54 Å². The molecule has 0 aliphatic heterocycles. The second-order valence-electron chi connectivity index (χ2n) is 3.30. The van der Waals surface area contributed by atoms with Gasteiger partial charge in [-0.05, 0) is 30.3 Å². The van der Waals surface area contributed by atoms with Crippen LogP contribution in [0.25, 0.3) is 11.3 Å². The Labute approximate surface area is 88.0 Å². The summed E-state index contributed by atoms with van der Waals surface area (Å²) in [5.74, 6) is 0.264. The highest BCUT2D eigenvalue weighted by atomic mass is 16.3. The minimum atomic E-state index is 0.264. The van der Waals surface area contributed by atoms with E-state index < -0.39 is 0 Å². The number of rotatable bonds is 3. The van der Waals surface area contributed by atoms with Gasteiger partial charge in [-0.3, -0.25) is 4.68 Å². The van der Waals surface area contributed by atoms with Crippen LogP contribution in [0.5, 0.6) is 5.75 Å². The number of hydrogen-bond acceptors (Lipinski definition) is 3. The van der Waals surface area contributed by atoms with E-state index in [1.807, 2.05) is 29.1 Å². The van der Waals surface area contributed by atoms with Crippen molar-refractivity contribution in [3.63, 3.8) is 0 Å². The SMILES string of the molecule is NCCn1ccc(-c2ccc(O)cc2)n1. The first-order valence-corrected chi connectivity index (χ1v) is 4.82. The molecule has 2 rings (SSSR count). The van der Waals surface area contributed by atoms with E-state index in [4.69, 9.17) is 10.8 Å². The fourth-order valence-electron chi connectivity index (χ4n) is 1.40. The minimum Gasteiger partial charge on any atom is -0.508 e. The average molecular weight is 203 g/mol. The van der Waals surface area contributed by atoms with Gasteiger partial charge in [0.15, 0.2) is 0 Å². The van der Waals surface area contributed by atoms with Gasteiger partial charge >= 0.3 is 0 Å². The first-order chi connectivity index (χ1) is 7.29. The predicted octanol–water partition coefficient (Wildman–Crippen LogP) is 1.21. The van der Waals surface area contributed by atoms with Crippen molar-refractivity contribution in [3.05, 3.63) is 36.5 Å². The van der Waals surface area contributed by atoms with E-state index in [1.165, 1.54) is 0 Å². The molecule has 0 bridgehead atoms. The predicted molar refractivity (Wildman–Crippen MR) is 58.4 cm³/mol. The molecule has 1 aromatic heterocycles. The van der Waals surface area contributed by atoms with Crippen LogP contribution in [-0.4, -0.2) is 21.4 Å². The summed E-state index contributed by atoms with van der Waals surface area (Å²) in [6, 6.07) is 8.91. The van der Waals surface area contributed by atoms with Gasteiger partial charge in [0.1, 0.15) is 5.75 Å². The fourth-order valence-corrected chi connectivity index (χ4v) is 1.40. The van der Waals surface area contributed by atoms with Crippen LogP contribution in [-0.2, 0) is 6.54 Å². The summed E-state index contributed by atoms with van der Waals surface area (Å²) >= 11 is 0. The molecule has 0 amide bonds. The fraction of sp³-hybridized carbons (Fsp3) is 0.182. The molecule has 0 atom stereocenters. The summed E-state index contributed by atoms with van der Waals surface area (Å²) in [6.07, 6.45) is 1.90. The summed E-state index contributed by atoms with van der Waals surface area (Å²) in [7, 11) is 0. The van der Waals surface area contributed by atoms with Crippen molar-refractivity contribution >= 4 is 0 Å². The quantitative estimate of drug-likeness (QED) is 0.788. The molecule has 0 aliphatic rings. The monoisotopic (exact) mass is 203 g/mol. The van der Waals surface area contributed by atoms with E-state index in [0.717, 1.165) is 17.8 Å². The lowest BCUT2D eigenvalue weighted by atomic mass is 10.1. The van der Waals surface area contributed by atoms with E-state index in [0.29, 0.717) is 6.54 Å². The Bertz CT molecular complexity index is 433. The summed E-state index contributed by atoms with van der Waals surface area (Å²) in [5, 5.41) is 13.5. The smallest absolute Gasteiger partial charge is 0.115 e. The van der Waals surface area contributed by atoms with Crippen molar-refractivity contribution in [1.29, 1.82) is 0 Å². The molecule has 3 N–H and O–H groups in total. The summed E-state index contributed by atoms with van der Waals surface area (Å²) in [5.41, 5.74) is 7.32. The molecule has 0 spiro atoms. The van der Waals surface area contributed by atoms with E-state index in [-0.39, 0.29) is 5.75 Å². The van der Waals surface area contributed by atoms with Crippen LogP contribution in [0.15, 0.2) is 36.5 Å². The van der Waals surface area contributed by atoms with Crippen molar-refractivity contribution in [3.8, 4) is 17.0 Å². The normalized spacial score (nSPS) is 10.5. The lowest BCUT2D eigenvalue weighted by Gasteiger charge is -1.98. The second kappa shape index (κ2) is 4.14. The molecule has 0 fully saturated rings. The van der Waals surface area contributed by atoms with Crippen LogP contribution in [0.1, 0.15) is 0 Å². The van der Waals surface area contributed by atoms with Gasteiger partial charge in [-0.15, -0.1) is 0 Å². The molecule has 0 radical (unpaired) electrons. The standard InChI is InChI=1S/C11H13N3O/c12-6-8-14-7-5-11(13-14)9-1-3-10(15)4-2-9/h1-5,7,15H,6,8,12H2. The van der Waals surface area contributed by atoms with Gasteiger partial charge in [0.05, 0.1) is 12.2 Å². The molecule has 4 nitrogen and oxygen atoms in total. The van der Waals surface area contributed by atoms with Crippen LogP contribution in [0, 0.1) is 0 Å². The first-order valence-electron chi connectivity index (χ1n) is 4.82. The Morgan fingerprint density at radius 1 is 1.20 bits per heavy atom. The number of aromatic hydroxyl groups is 1. The van der Waals surface area contributed by atoms with Crippen LogP contribution in [0.4, 0.5) is 0 Å². The average Bonchev–Trinajstić information content (AvgIpc) is 2.68. The molecule has 0 aliphatic carbocycles. The molecule has 0 unspecified atom stereocenters. The van der Waals surface area contributed by atoms with Gasteiger partial charge in [0.2, 0.25) is 0 Å². The Morgan fingerprint density at radius 2 is 1.93 bits per heavy atom. The van der Waals surface area contributed by atoms with E-state index in [9.17, 15) is 0 Å². The van der Waals surface area contributed by atoms with Gasteiger partial charge < -0.3 is 10.8 Å². The highest BCUT2D eigenvalue weighted by Crippen LogP contribution is 2.19. The maximum absolute atomic E-state index is 9.15. The van der Waals surface area contributed by atoms with E-state index in [1.54, 1.807) is 12.1 Å². The maximum Gasteiger partial charge on any atom is 0.115 e. The Kier molecular flexibility index (Phi) is 2.69. The zero-order chi connectivity index (χ0) is 10.7. The van der Waals surface area contributed by atoms with Gasteiger partial charge in [0, 0.05) is 18.3 Å². The van der Waals surface area contributed by atoms with E-state index >= 15 is 0 Å². The number of phenolic OH excluding ortho intramolecular Hbond substituents is 1. The molecule has 2 aromatic rings. The molecule has 15 heavy (non-hydrogen) atoms. The van der Waals surface area contributed by atoms with Crippen LogP contribution in [0.3, 0.4) is 0 Å². The Balaban J connectivity index is 2.25. The topological polar surface area (TPSA) is 64.1 Å². The van der Waals surface area contributed by atoms with Crippen LogP contribution >= 0.6 is 0 Å². The largest absolute Gasteiger partial charge is 0.508 e. The Hall–Kier alpha value is -1.81. The van der Waals surface area contributed by atoms with E-state index in [2.05, 4.69) is 5.10 Å². The molecule has 0 saturated carbocycles. The number of aromatic nitrogens is 2. The maximum atomic E-state index is 9.15. The number of nitrogens with two attached hydrogens (primary N) is 1. The lowest BCUT2D eigenvalue weighted by molar-refractivity contribution is 0.475. The summed E-state index contributed by atoms with van der Waals surface area (Å²) < 4.78 is 1.81. The van der Waals surface area contributed by atoms with Gasteiger partial charge in [-0.1, -0.05) is 0 Å². The van der Waals surface area contributed by atoms with Crippen molar-refractivity contribution in [2.24, 2.45) is 5.73 Å². The van der Waals surface area contributed by atoms with Gasteiger partial charge in [-0.25, -0.2) is 0 Å². The molecular formula is C11H13N3O.